The SMILES string of the molecule is CCNC(=O)CCN1C2CCC1CC(N)C2. The first kappa shape index (κ1) is 11.9. The minimum atomic E-state index is 0.178. The van der Waals surface area contributed by atoms with E-state index in [-0.39, 0.29) is 5.91 Å². The van der Waals surface area contributed by atoms with Gasteiger partial charge in [-0.15, -0.1) is 0 Å². The number of nitrogens with two attached hydrogens (primary N) is 1. The third-order valence-electron chi connectivity index (χ3n) is 3.89. The average molecular weight is 225 g/mol. The molecule has 2 unspecified atom stereocenters. The summed E-state index contributed by atoms with van der Waals surface area (Å²) in [4.78, 5) is 13.9. The van der Waals surface area contributed by atoms with Crippen LogP contribution in [0.25, 0.3) is 0 Å². The summed E-state index contributed by atoms with van der Waals surface area (Å²) in [6.07, 6.45) is 5.41. The molecule has 0 aromatic carbocycles. The lowest BCUT2D eigenvalue weighted by atomic mass is 9.98. The predicted octanol–water partition coefficient (Wildman–Crippen LogP) is 0.467. The number of hydrogen-bond acceptors (Lipinski definition) is 3. The van der Waals surface area contributed by atoms with Crippen LogP contribution in [-0.4, -0.2) is 42.0 Å². The molecule has 2 atom stereocenters. The summed E-state index contributed by atoms with van der Waals surface area (Å²) >= 11 is 0. The summed E-state index contributed by atoms with van der Waals surface area (Å²) in [5.74, 6) is 0.178. The standard InChI is InChI=1S/C12H23N3O/c1-2-14-12(16)5-6-15-10-3-4-11(15)8-9(13)7-10/h9-11H,2-8,13H2,1H3,(H,14,16). The lowest BCUT2D eigenvalue weighted by molar-refractivity contribution is -0.121. The number of nitrogens with one attached hydrogen (secondary N) is 1. The first-order valence-electron chi connectivity index (χ1n) is 6.48. The molecule has 16 heavy (non-hydrogen) atoms. The van der Waals surface area contributed by atoms with Crippen LogP contribution in [0.1, 0.15) is 39.0 Å². The van der Waals surface area contributed by atoms with Crippen LogP contribution < -0.4 is 11.1 Å². The maximum absolute atomic E-state index is 11.4. The Hall–Kier alpha value is -0.610. The Morgan fingerprint density at radius 2 is 2.00 bits per heavy atom. The van der Waals surface area contributed by atoms with Gasteiger partial charge in [-0.2, -0.15) is 0 Å². The molecular formula is C12H23N3O. The molecular weight excluding hydrogens is 202 g/mol. The van der Waals surface area contributed by atoms with Gasteiger partial charge in [0.05, 0.1) is 0 Å². The van der Waals surface area contributed by atoms with E-state index in [0.717, 1.165) is 25.9 Å². The van der Waals surface area contributed by atoms with Crippen molar-refractivity contribution in [3.63, 3.8) is 0 Å². The fourth-order valence-corrected chi connectivity index (χ4v) is 3.20. The molecule has 4 heteroatoms. The van der Waals surface area contributed by atoms with Gasteiger partial charge >= 0.3 is 0 Å². The van der Waals surface area contributed by atoms with Crippen LogP contribution in [0.4, 0.5) is 0 Å². The molecule has 0 radical (unpaired) electrons. The molecule has 2 rings (SSSR count). The minimum Gasteiger partial charge on any atom is -0.356 e. The smallest absolute Gasteiger partial charge is 0.221 e. The van der Waals surface area contributed by atoms with E-state index in [2.05, 4.69) is 10.2 Å². The van der Waals surface area contributed by atoms with E-state index < -0.39 is 0 Å². The highest BCUT2D eigenvalue weighted by atomic mass is 16.1. The Bertz CT molecular complexity index is 243. The molecule has 3 N–H and O–H groups in total. The number of nitrogens with zero attached hydrogens (tertiary/aromatic N) is 1. The van der Waals surface area contributed by atoms with Gasteiger partial charge in [-0.1, -0.05) is 0 Å². The van der Waals surface area contributed by atoms with E-state index in [1.165, 1.54) is 12.8 Å². The van der Waals surface area contributed by atoms with Crippen molar-refractivity contribution in [3.05, 3.63) is 0 Å². The quantitative estimate of drug-likeness (QED) is 0.731. The van der Waals surface area contributed by atoms with Gasteiger partial charge in [0.2, 0.25) is 5.91 Å². The first-order chi connectivity index (χ1) is 7.70. The van der Waals surface area contributed by atoms with E-state index in [1.807, 2.05) is 6.92 Å². The first-order valence-corrected chi connectivity index (χ1v) is 6.48. The molecule has 2 heterocycles. The molecule has 2 bridgehead atoms. The Morgan fingerprint density at radius 1 is 1.38 bits per heavy atom. The van der Waals surface area contributed by atoms with Crippen LogP contribution in [0.5, 0.6) is 0 Å². The Balaban J connectivity index is 1.80. The fraction of sp³-hybridized carbons (Fsp3) is 0.917. The van der Waals surface area contributed by atoms with Crippen molar-refractivity contribution in [2.45, 2.75) is 57.2 Å². The zero-order valence-electron chi connectivity index (χ0n) is 10.1. The topological polar surface area (TPSA) is 58.4 Å². The van der Waals surface area contributed by atoms with Crippen molar-refractivity contribution in [2.24, 2.45) is 5.73 Å². The summed E-state index contributed by atoms with van der Waals surface area (Å²) < 4.78 is 0. The van der Waals surface area contributed by atoms with Crippen molar-refractivity contribution in [3.8, 4) is 0 Å². The third-order valence-corrected chi connectivity index (χ3v) is 3.89. The molecule has 0 saturated carbocycles. The number of carbonyl (C=O) groups excluding carboxylic acids is 1. The molecule has 2 aliphatic rings. The Labute approximate surface area is 97.6 Å². The molecule has 2 aliphatic heterocycles. The Morgan fingerprint density at radius 3 is 2.56 bits per heavy atom. The maximum Gasteiger partial charge on any atom is 0.221 e. The van der Waals surface area contributed by atoms with Crippen molar-refractivity contribution in [1.82, 2.24) is 10.2 Å². The fourth-order valence-electron chi connectivity index (χ4n) is 3.20. The van der Waals surface area contributed by atoms with Crippen molar-refractivity contribution in [1.29, 1.82) is 0 Å². The normalized spacial score (nSPS) is 34.0. The maximum atomic E-state index is 11.4. The van der Waals surface area contributed by atoms with Gasteiger partial charge in [0.15, 0.2) is 0 Å². The van der Waals surface area contributed by atoms with Gasteiger partial charge in [-0.3, -0.25) is 9.69 Å². The van der Waals surface area contributed by atoms with Crippen molar-refractivity contribution in [2.75, 3.05) is 13.1 Å². The number of piperidine rings is 1. The van der Waals surface area contributed by atoms with Gasteiger partial charge < -0.3 is 11.1 Å². The number of amides is 1. The van der Waals surface area contributed by atoms with E-state index in [9.17, 15) is 4.79 Å². The summed E-state index contributed by atoms with van der Waals surface area (Å²) in [6, 6.07) is 1.67. The van der Waals surface area contributed by atoms with E-state index >= 15 is 0 Å². The molecule has 2 saturated heterocycles. The second-order valence-corrected chi connectivity index (χ2v) is 5.06. The van der Waals surface area contributed by atoms with E-state index in [4.69, 9.17) is 5.73 Å². The molecule has 0 aromatic rings. The van der Waals surface area contributed by atoms with Crippen LogP contribution in [0, 0.1) is 0 Å². The average Bonchev–Trinajstić information content (AvgIpc) is 2.47. The highest BCUT2D eigenvalue weighted by Crippen LogP contribution is 2.34. The second-order valence-electron chi connectivity index (χ2n) is 5.06. The van der Waals surface area contributed by atoms with E-state index in [0.29, 0.717) is 24.5 Å². The van der Waals surface area contributed by atoms with Crippen LogP contribution >= 0.6 is 0 Å². The van der Waals surface area contributed by atoms with Crippen LogP contribution in [0.15, 0.2) is 0 Å². The van der Waals surface area contributed by atoms with Gasteiger partial charge in [0.25, 0.3) is 0 Å². The molecule has 4 nitrogen and oxygen atoms in total. The molecule has 0 aliphatic carbocycles. The number of fused-ring (bicyclic) bond motifs is 2. The minimum absolute atomic E-state index is 0.178. The van der Waals surface area contributed by atoms with Crippen LogP contribution in [0.3, 0.4) is 0 Å². The van der Waals surface area contributed by atoms with Gasteiger partial charge in [0, 0.05) is 37.6 Å². The lowest BCUT2D eigenvalue weighted by Gasteiger charge is -2.37. The van der Waals surface area contributed by atoms with Crippen LogP contribution in [0.2, 0.25) is 0 Å². The second kappa shape index (κ2) is 5.15. The molecule has 0 spiro atoms. The van der Waals surface area contributed by atoms with Gasteiger partial charge in [0.1, 0.15) is 0 Å². The van der Waals surface area contributed by atoms with Crippen molar-refractivity contribution < 1.29 is 4.79 Å². The summed E-state index contributed by atoms with van der Waals surface area (Å²) in [5.41, 5.74) is 6.02. The highest BCUT2D eigenvalue weighted by Gasteiger charge is 2.39. The Kier molecular flexibility index (Phi) is 3.82. The predicted molar refractivity (Wildman–Crippen MR) is 64.0 cm³/mol. The number of rotatable bonds is 4. The summed E-state index contributed by atoms with van der Waals surface area (Å²) in [6.45, 7) is 3.60. The monoisotopic (exact) mass is 225 g/mol. The lowest BCUT2D eigenvalue weighted by Crippen LogP contribution is -2.48. The van der Waals surface area contributed by atoms with Gasteiger partial charge in [-0.25, -0.2) is 0 Å². The zero-order valence-corrected chi connectivity index (χ0v) is 10.1. The molecule has 0 aromatic heterocycles. The molecule has 2 fully saturated rings. The number of hydrogen-bond donors (Lipinski definition) is 2. The highest BCUT2D eigenvalue weighted by molar-refractivity contribution is 5.75. The molecule has 92 valence electrons. The van der Waals surface area contributed by atoms with Crippen molar-refractivity contribution >= 4 is 5.91 Å². The van der Waals surface area contributed by atoms with E-state index in [1.54, 1.807) is 0 Å². The van der Waals surface area contributed by atoms with Crippen LogP contribution in [-0.2, 0) is 4.79 Å². The summed E-state index contributed by atoms with van der Waals surface area (Å²) in [7, 11) is 0. The number of carbonyl (C=O) groups is 1. The third kappa shape index (κ3) is 2.55. The largest absolute Gasteiger partial charge is 0.356 e. The summed E-state index contributed by atoms with van der Waals surface area (Å²) in [5, 5.41) is 2.85. The van der Waals surface area contributed by atoms with Gasteiger partial charge in [-0.05, 0) is 32.6 Å². The zero-order chi connectivity index (χ0) is 11.5. The molecule has 1 amide bonds.